The van der Waals surface area contributed by atoms with Crippen LogP contribution >= 0.6 is 0 Å². The minimum Gasteiger partial charge on any atom is -0.352 e. The average molecular weight is 206 g/mol. The van der Waals surface area contributed by atoms with Crippen molar-refractivity contribution in [3.05, 3.63) is 16.8 Å². The maximum Gasteiger partial charge on any atom is 0.154 e. The highest BCUT2D eigenvalue weighted by atomic mass is 15.3. The molecular weight excluding hydrogens is 188 g/mol. The summed E-state index contributed by atoms with van der Waals surface area (Å²) in [6, 6.07) is 0. The first-order chi connectivity index (χ1) is 7.20. The lowest BCUT2D eigenvalue weighted by atomic mass is 10.1. The third-order valence-electron chi connectivity index (χ3n) is 3.15. The Hall–Kier alpha value is -1.16. The van der Waals surface area contributed by atoms with Crippen molar-refractivity contribution in [3.63, 3.8) is 0 Å². The Morgan fingerprint density at radius 1 is 1.00 bits per heavy atom. The summed E-state index contributed by atoms with van der Waals surface area (Å²) in [5.74, 6) is 1.06. The first-order valence-corrected chi connectivity index (χ1v) is 5.46. The van der Waals surface area contributed by atoms with Crippen LogP contribution in [-0.4, -0.2) is 36.4 Å². The second-order valence-electron chi connectivity index (χ2n) is 4.10. The molecule has 1 aliphatic heterocycles. The largest absolute Gasteiger partial charge is 0.352 e. The second-order valence-corrected chi connectivity index (χ2v) is 4.10. The number of nitrogens with one attached hydrogen (secondary N) is 1. The fourth-order valence-corrected chi connectivity index (χ4v) is 1.89. The monoisotopic (exact) mass is 206 g/mol. The number of anilines is 1. The van der Waals surface area contributed by atoms with E-state index in [-0.39, 0.29) is 0 Å². The van der Waals surface area contributed by atoms with Gasteiger partial charge in [0.1, 0.15) is 0 Å². The maximum atomic E-state index is 4.31. The fourth-order valence-electron chi connectivity index (χ4n) is 1.89. The molecule has 1 fully saturated rings. The molecular formula is C11H18N4. The highest BCUT2D eigenvalue weighted by Gasteiger charge is 2.16. The molecule has 0 amide bonds. The van der Waals surface area contributed by atoms with E-state index >= 15 is 0 Å². The van der Waals surface area contributed by atoms with Crippen LogP contribution in [-0.2, 0) is 0 Å². The van der Waals surface area contributed by atoms with Crippen LogP contribution in [0.25, 0.3) is 0 Å². The minimum atomic E-state index is 1.03. The summed E-state index contributed by atoms with van der Waals surface area (Å²) in [6.45, 7) is 10.4. The first kappa shape index (κ1) is 10.4. The van der Waals surface area contributed by atoms with Crippen molar-refractivity contribution in [2.45, 2.75) is 20.8 Å². The Labute approximate surface area is 90.7 Å². The van der Waals surface area contributed by atoms with E-state index in [0.29, 0.717) is 0 Å². The van der Waals surface area contributed by atoms with Crippen LogP contribution in [0.4, 0.5) is 5.82 Å². The summed E-state index contributed by atoms with van der Waals surface area (Å²) < 4.78 is 0. The van der Waals surface area contributed by atoms with Crippen molar-refractivity contribution in [2.75, 3.05) is 31.1 Å². The van der Waals surface area contributed by atoms with E-state index in [2.05, 4.69) is 34.3 Å². The lowest BCUT2D eigenvalue weighted by Crippen LogP contribution is -2.44. The third-order valence-corrected chi connectivity index (χ3v) is 3.15. The number of hydrogen-bond acceptors (Lipinski definition) is 4. The molecule has 0 saturated carbocycles. The second kappa shape index (κ2) is 4.14. The fraction of sp³-hybridized carbons (Fsp3) is 0.636. The molecule has 0 bridgehead atoms. The van der Waals surface area contributed by atoms with Crippen LogP contribution in [0.3, 0.4) is 0 Å². The Morgan fingerprint density at radius 2 is 1.67 bits per heavy atom. The molecule has 2 rings (SSSR count). The zero-order valence-corrected chi connectivity index (χ0v) is 9.67. The van der Waals surface area contributed by atoms with Gasteiger partial charge in [-0.1, -0.05) is 0 Å². The van der Waals surface area contributed by atoms with Crippen molar-refractivity contribution < 1.29 is 0 Å². The lowest BCUT2D eigenvalue weighted by Gasteiger charge is -2.29. The van der Waals surface area contributed by atoms with Crippen molar-refractivity contribution in [1.82, 2.24) is 15.5 Å². The van der Waals surface area contributed by atoms with Gasteiger partial charge in [0, 0.05) is 26.2 Å². The van der Waals surface area contributed by atoms with Crippen molar-refractivity contribution in [1.29, 1.82) is 0 Å². The van der Waals surface area contributed by atoms with Crippen LogP contribution in [0.15, 0.2) is 0 Å². The molecule has 1 aromatic rings. The molecule has 0 atom stereocenters. The van der Waals surface area contributed by atoms with E-state index in [9.17, 15) is 0 Å². The Bertz CT molecular complexity index is 356. The van der Waals surface area contributed by atoms with Crippen molar-refractivity contribution in [2.24, 2.45) is 0 Å². The molecule has 1 saturated heterocycles. The SMILES string of the molecule is Cc1nnc(N2CCNCC2)c(C)c1C. The van der Waals surface area contributed by atoms with Gasteiger partial charge in [0.2, 0.25) is 0 Å². The molecule has 1 aromatic heterocycles. The van der Waals surface area contributed by atoms with E-state index in [0.717, 1.165) is 37.7 Å². The highest BCUT2D eigenvalue weighted by Crippen LogP contribution is 2.20. The predicted molar refractivity (Wildman–Crippen MR) is 61.3 cm³/mol. The zero-order chi connectivity index (χ0) is 10.8. The molecule has 4 nitrogen and oxygen atoms in total. The Balaban J connectivity index is 2.31. The summed E-state index contributed by atoms with van der Waals surface area (Å²) in [4.78, 5) is 2.31. The summed E-state index contributed by atoms with van der Waals surface area (Å²) in [7, 11) is 0. The van der Waals surface area contributed by atoms with Crippen LogP contribution in [0, 0.1) is 20.8 Å². The normalized spacial score (nSPS) is 16.9. The standard InChI is InChI=1S/C11H18N4/c1-8-9(2)11(14-13-10(8)3)15-6-4-12-5-7-15/h12H,4-7H2,1-3H3. The summed E-state index contributed by atoms with van der Waals surface area (Å²) >= 11 is 0. The van der Waals surface area contributed by atoms with Gasteiger partial charge in [0.05, 0.1) is 5.69 Å². The van der Waals surface area contributed by atoms with Gasteiger partial charge in [-0.3, -0.25) is 0 Å². The van der Waals surface area contributed by atoms with Crippen LogP contribution in [0.1, 0.15) is 16.8 Å². The molecule has 4 heteroatoms. The topological polar surface area (TPSA) is 41.1 Å². The smallest absolute Gasteiger partial charge is 0.154 e. The molecule has 82 valence electrons. The molecule has 15 heavy (non-hydrogen) atoms. The van der Waals surface area contributed by atoms with Gasteiger partial charge >= 0.3 is 0 Å². The van der Waals surface area contributed by atoms with Gasteiger partial charge in [0.25, 0.3) is 0 Å². The summed E-state index contributed by atoms with van der Waals surface area (Å²) in [5, 5.41) is 11.9. The zero-order valence-electron chi connectivity index (χ0n) is 9.67. The first-order valence-electron chi connectivity index (χ1n) is 5.46. The predicted octanol–water partition coefficient (Wildman–Crippen LogP) is 0.811. The molecule has 0 spiro atoms. The molecule has 0 unspecified atom stereocenters. The van der Waals surface area contributed by atoms with Gasteiger partial charge in [-0.05, 0) is 31.9 Å². The molecule has 2 heterocycles. The van der Waals surface area contributed by atoms with E-state index in [4.69, 9.17) is 0 Å². The van der Waals surface area contributed by atoms with Gasteiger partial charge in [-0.25, -0.2) is 0 Å². The Morgan fingerprint density at radius 3 is 2.33 bits per heavy atom. The van der Waals surface area contributed by atoms with Crippen molar-refractivity contribution in [3.8, 4) is 0 Å². The molecule has 0 aliphatic carbocycles. The van der Waals surface area contributed by atoms with Gasteiger partial charge < -0.3 is 10.2 Å². The van der Waals surface area contributed by atoms with Gasteiger partial charge in [-0.2, -0.15) is 5.10 Å². The quantitative estimate of drug-likeness (QED) is 0.738. The number of nitrogens with zero attached hydrogens (tertiary/aromatic N) is 3. The highest BCUT2D eigenvalue weighted by molar-refractivity contribution is 5.50. The average Bonchev–Trinajstić information content (AvgIpc) is 2.27. The van der Waals surface area contributed by atoms with Gasteiger partial charge in [-0.15, -0.1) is 5.10 Å². The molecule has 1 aliphatic rings. The van der Waals surface area contributed by atoms with E-state index in [1.807, 2.05) is 6.92 Å². The molecule has 1 N–H and O–H groups in total. The number of aromatic nitrogens is 2. The number of aryl methyl sites for hydroxylation is 1. The number of piperazine rings is 1. The molecule has 0 radical (unpaired) electrons. The van der Waals surface area contributed by atoms with E-state index < -0.39 is 0 Å². The van der Waals surface area contributed by atoms with Crippen molar-refractivity contribution >= 4 is 5.82 Å². The van der Waals surface area contributed by atoms with Gasteiger partial charge in [0.15, 0.2) is 5.82 Å². The maximum absolute atomic E-state index is 4.31. The molecule has 0 aromatic carbocycles. The minimum absolute atomic E-state index is 1.03. The van der Waals surface area contributed by atoms with E-state index in [1.165, 1.54) is 11.1 Å². The van der Waals surface area contributed by atoms with E-state index in [1.54, 1.807) is 0 Å². The summed E-state index contributed by atoms with van der Waals surface area (Å²) in [6.07, 6.45) is 0. The van der Waals surface area contributed by atoms with Crippen LogP contribution < -0.4 is 10.2 Å². The van der Waals surface area contributed by atoms with Crippen LogP contribution in [0.2, 0.25) is 0 Å². The Kier molecular flexibility index (Phi) is 2.86. The number of rotatable bonds is 1. The third kappa shape index (κ3) is 1.95. The van der Waals surface area contributed by atoms with Crippen LogP contribution in [0.5, 0.6) is 0 Å². The lowest BCUT2D eigenvalue weighted by molar-refractivity contribution is 0.581. The number of hydrogen-bond donors (Lipinski definition) is 1. The summed E-state index contributed by atoms with van der Waals surface area (Å²) in [5.41, 5.74) is 3.56.